The number of nitrogens with one attached hydrogen (secondary N) is 1. The van der Waals surface area contributed by atoms with Crippen LogP contribution in [0.15, 0.2) is 0 Å². The third kappa shape index (κ3) is 2.45. The summed E-state index contributed by atoms with van der Waals surface area (Å²) >= 11 is 0. The molecule has 0 saturated heterocycles. The summed E-state index contributed by atoms with van der Waals surface area (Å²) in [5.74, 6) is 0.662. The van der Waals surface area contributed by atoms with Gasteiger partial charge in [0.1, 0.15) is 0 Å². The lowest BCUT2D eigenvalue weighted by atomic mass is 9.83. The van der Waals surface area contributed by atoms with E-state index in [9.17, 15) is 14.7 Å². The number of aliphatic carboxylic acids is 1. The average Bonchev–Trinajstić information content (AvgIpc) is 3.13. The molecule has 2 N–H and O–H groups in total. The highest BCUT2D eigenvalue weighted by molar-refractivity contribution is 5.85. The van der Waals surface area contributed by atoms with Crippen molar-refractivity contribution in [3.63, 3.8) is 0 Å². The van der Waals surface area contributed by atoms with E-state index in [1.165, 1.54) is 25.7 Å². The number of carboxylic acids is 1. The van der Waals surface area contributed by atoms with Crippen LogP contribution in [0.25, 0.3) is 0 Å². The van der Waals surface area contributed by atoms with Crippen molar-refractivity contribution in [1.82, 2.24) is 5.32 Å². The van der Waals surface area contributed by atoms with Crippen LogP contribution < -0.4 is 5.32 Å². The molecule has 0 aromatic carbocycles. The minimum absolute atomic E-state index is 0.0230. The first-order valence-electron chi connectivity index (χ1n) is 8.09. The maximum Gasteiger partial charge on any atom is 0.307 e. The summed E-state index contributed by atoms with van der Waals surface area (Å²) in [5, 5.41) is 12.3. The molecule has 4 heteroatoms. The van der Waals surface area contributed by atoms with Gasteiger partial charge in [-0.05, 0) is 56.8 Å². The van der Waals surface area contributed by atoms with Crippen molar-refractivity contribution < 1.29 is 14.7 Å². The number of hydrogen-bond donors (Lipinski definition) is 2. The lowest BCUT2D eigenvalue weighted by Crippen LogP contribution is -2.44. The molecular weight excluding hydrogens is 254 g/mol. The van der Waals surface area contributed by atoms with Gasteiger partial charge in [-0.3, -0.25) is 9.59 Å². The second-order valence-electron chi connectivity index (χ2n) is 7.12. The van der Waals surface area contributed by atoms with Crippen molar-refractivity contribution in [2.75, 3.05) is 0 Å². The van der Waals surface area contributed by atoms with Gasteiger partial charge >= 0.3 is 5.97 Å². The molecule has 3 saturated carbocycles. The SMILES string of the molecule is CC(NC(=O)[C@@H]1CCC[C@@H]1C(=O)O)C1CC2CCC1C2. The van der Waals surface area contributed by atoms with Gasteiger partial charge in [-0.15, -0.1) is 0 Å². The molecular formula is C16H25NO3. The van der Waals surface area contributed by atoms with Crippen LogP contribution >= 0.6 is 0 Å². The Bertz CT molecular complexity index is 409. The zero-order valence-electron chi connectivity index (χ0n) is 12.2. The molecule has 4 unspecified atom stereocenters. The lowest BCUT2D eigenvalue weighted by Gasteiger charge is -2.29. The summed E-state index contributed by atoms with van der Waals surface area (Å²) in [6, 6.07) is 0.202. The van der Waals surface area contributed by atoms with Crippen LogP contribution in [0, 0.1) is 29.6 Å². The molecule has 3 fully saturated rings. The number of hydrogen-bond acceptors (Lipinski definition) is 2. The Morgan fingerprint density at radius 1 is 1.10 bits per heavy atom. The number of carbonyl (C=O) groups excluding carboxylic acids is 1. The second kappa shape index (κ2) is 5.38. The molecule has 2 bridgehead atoms. The van der Waals surface area contributed by atoms with Crippen LogP contribution in [0.1, 0.15) is 51.9 Å². The number of carboxylic acid groups (broad SMARTS) is 1. The molecule has 112 valence electrons. The van der Waals surface area contributed by atoms with Gasteiger partial charge in [0.15, 0.2) is 0 Å². The van der Waals surface area contributed by atoms with Crippen molar-refractivity contribution in [2.24, 2.45) is 29.6 Å². The molecule has 0 radical (unpaired) electrons. The van der Waals surface area contributed by atoms with Gasteiger partial charge in [0, 0.05) is 6.04 Å². The highest BCUT2D eigenvalue weighted by Crippen LogP contribution is 2.49. The third-order valence-electron chi connectivity index (χ3n) is 5.97. The molecule has 0 heterocycles. The smallest absolute Gasteiger partial charge is 0.307 e. The molecule has 0 aromatic heterocycles. The normalized spacial score (nSPS) is 40.8. The standard InChI is InChI=1S/C16H25NO3/c1-9(14-8-10-5-6-11(14)7-10)17-15(18)12-3-2-4-13(12)16(19)20/h9-14H,2-8H2,1H3,(H,17,18)(H,19,20)/t9?,10?,11?,12-,13+,14?/m1/s1. The van der Waals surface area contributed by atoms with Crippen molar-refractivity contribution in [3.05, 3.63) is 0 Å². The Balaban J connectivity index is 1.57. The lowest BCUT2D eigenvalue weighted by molar-refractivity contribution is -0.146. The molecule has 1 amide bonds. The van der Waals surface area contributed by atoms with Crippen LogP contribution in [-0.2, 0) is 9.59 Å². The molecule has 3 aliphatic rings. The summed E-state index contributed by atoms with van der Waals surface area (Å²) in [4.78, 5) is 23.5. The topological polar surface area (TPSA) is 66.4 Å². The van der Waals surface area contributed by atoms with Crippen molar-refractivity contribution in [2.45, 2.75) is 57.9 Å². The fraction of sp³-hybridized carbons (Fsp3) is 0.875. The molecule has 6 atom stereocenters. The minimum atomic E-state index is -0.810. The summed E-state index contributed by atoms with van der Waals surface area (Å²) in [7, 11) is 0. The van der Waals surface area contributed by atoms with Gasteiger partial charge in [0.25, 0.3) is 0 Å². The van der Waals surface area contributed by atoms with Crippen molar-refractivity contribution in [3.8, 4) is 0 Å². The fourth-order valence-electron chi connectivity index (χ4n) is 4.91. The summed E-state index contributed by atoms with van der Waals surface area (Å²) in [6.45, 7) is 2.11. The average molecular weight is 279 g/mol. The van der Waals surface area contributed by atoms with E-state index in [-0.39, 0.29) is 17.9 Å². The largest absolute Gasteiger partial charge is 0.481 e. The predicted octanol–water partition coefficient (Wildman–Crippen LogP) is 2.43. The fourth-order valence-corrected chi connectivity index (χ4v) is 4.91. The first kappa shape index (κ1) is 13.9. The molecule has 4 nitrogen and oxygen atoms in total. The first-order valence-corrected chi connectivity index (χ1v) is 8.09. The highest BCUT2D eigenvalue weighted by Gasteiger charge is 2.43. The summed E-state index contributed by atoms with van der Waals surface area (Å²) < 4.78 is 0. The van der Waals surface area contributed by atoms with Crippen LogP contribution in [0.3, 0.4) is 0 Å². The zero-order valence-corrected chi connectivity index (χ0v) is 12.2. The molecule has 3 rings (SSSR count). The van der Waals surface area contributed by atoms with E-state index in [0.717, 1.165) is 24.7 Å². The van der Waals surface area contributed by atoms with Crippen LogP contribution in [0.2, 0.25) is 0 Å². The quantitative estimate of drug-likeness (QED) is 0.830. The Morgan fingerprint density at radius 2 is 1.85 bits per heavy atom. The van der Waals surface area contributed by atoms with Crippen LogP contribution in [-0.4, -0.2) is 23.0 Å². The summed E-state index contributed by atoms with van der Waals surface area (Å²) in [5.41, 5.74) is 0. The number of carbonyl (C=O) groups is 2. The number of amides is 1. The van der Waals surface area contributed by atoms with Crippen molar-refractivity contribution in [1.29, 1.82) is 0 Å². The molecule has 0 aromatic rings. The van der Waals surface area contributed by atoms with E-state index in [1.54, 1.807) is 0 Å². The predicted molar refractivity (Wildman–Crippen MR) is 75.0 cm³/mol. The Kier molecular flexibility index (Phi) is 3.74. The van der Waals surface area contributed by atoms with Gasteiger partial charge in [0.2, 0.25) is 5.91 Å². The Labute approximate surface area is 120 Å². The minimum Gasteiger partial charge on any atom is -0.481 e. The summed E-state index contributed by atoms with van der Waals surface area (Å²) in [6.07, 6.45) is 7.51. The van der Waals surface area contributed by atoms with Crippen LogP contribution in [0.5, 0.6) is 0 Å². The van der Waals surface area contributed by atoms with E-state index in [1.807, 2.05) is 0 Å². The molecule has 0 spiro atoms. The number of rotatable bonds is 4. The highest BCUT2D eigenvalue weighted by atomic mass is 16.4. The Morgan fingerprint density at radius 3 is 2.45 bits per heavy atom. The Hall–Kier alpha value is -1.06. The van der Waals surface area contributed by atoms with E-state index in [2.05, 4.69) is 12.2 Å². The maximum atomic E-state index is 12.4. The van der Waals surface area contributed by atoms with Crippen molar-refractivity contribution >= 4 is 11.9 Å². The van der Waals surface area contributed by atoms with E-state index in [4.69, 9.17) is 0 Å². The zero-order chi connectivity index (χ0) is 14.3. The molecule has 3 aliphatic carbocycles. The van der Waals surface area contributed by atoms with Gasteiger partial charge in [-0.25, -0.2) is 0 Å². The van der Waals surface area contributed by atoms with Gasteiger partial charge in [0.05, 0.1) is 11.8 Å². The molecule has 0 aliphatic heterocycles. The first-order chi connectivity index (χ1) is 9.56. The van der Waals surface area contributed by atoms with E-state index < -0.39 is 11.9 Å². The third-order valence-corrected chi connectivity index (χ3v) is 5.97. The van der Waals surface area contributed by atoms with E-state index >= 15 is 0 Å². The monoisotopic (exact) mass is 279 g/mol. The molecule has 20 heavy (non-hydrogen) atoms. The second-order valence-corrected chi connectivity index (χ2v) is 7.12. The number of fused-ring (bicyclic) bond motifs is 2. The maximum absolute atomic E-state index is 12.4. The van der Waals surface area contributed by atoms with Crippen LogP contribution in [0.4, 0.5) is 0 Å². The van der Waals surface area contributed by atoms with E-state index in [0.29, 0.717) is 12.3 Å². The van der Waals surface area contributed by atoms with Gasteiger partial charge in [-0.2, -0.15) is 0 Å². The van der Waals surface area contributed by atoms with Gasteiger partial charge in [-0.1, -0.05) is 12.8 Å². The van der Waals surface area contributed by atoms with Gasteiger partial charge < -0.3 is 10.4 Å².